The summed E-state index contributed by atoms with van der Waals surface area (Å²) in [6.45, 7) is 11.1. The topological polar surface area (TPSA) is 0 Å². The first-order valence-electron chi connectivity index (χ1n) is 4.88. The number of rotatable bonds is 1. The molecule has 0 bridgehead atoms. The number of allylic oxidation sites excluding steroid dienone is 4. The zero-order valence-electron chi connectivity index (χ0n) is 10.1. The van der Waals surface area contributed by atoms with Crippen LogP contribution < -0.4 is 0 Å². The molecule has 0 saturated carbocycles. The molecule has 0 saturated heterocycles. The summed E-state index contributed by atoms with van der Waals surface area (Å²) in [5, 5.41) is 0. The first-order valence-corrected chi connectivity index (χ1v) is 18.3. The van der Waals surface area contributed by atoms with Gasteiger partial charge in [-0.25, -0.2) is 0 Å². The predicted molar refractivity (Wildman–Crippen MR) is 73.7 cm³/mol. The normalized spacial score (nSPS) is 18.8. The molecule has 16 heavy (non-hydrogen) atoms. The van der Waals surface area contributed by atoms with Gasteiger partial charge in [0.05, 0.1) is 0 Å². The molecule has 0 heterocycles. The van der Waals surface area contributed by atoms with Gasteiger partial charge >= 0.3 is 49.6 Å². The van der Waals surface area contributed by atoms with E-state index in [1.807, 2.05) is 0 Å². The van der Waals surface area contributed by atoms with Crippen LogP contribution in [-0.4, -0.2) is 0 Å². The molecule has 0 amide bonds. The van der Waals surface area contributed by atoms with Gasteiger partial charge < -0.3 is 0 Å². The monoisotopic (exact) mass is 476 g/mol. The average molecular weight is 477 g/mol. The van der Waals surface area contributed by atoms with E-state index in [1.54, 1.807) is 5.57 Å². The van der Waals surface area contributed by atoms with E-state index in [0.717, 1.165) is 0 Å². The molecule has 0 aromatic heterocycles. The van der Waals surface area contributed by atoms with Crippen molar-refractivity contribution in [3.8, 4) is 0 Å². The summed E-state index contributed by atoms with van der Waals surface area (Å²) in [7, 11) is 20.1. The fourth-order valence-electron chi connectivity index (χ4n) is 1.83. The Morgan fingerprint density at radius 1 is 0.812 bits per heavy atom. The fraction of sp³-hybridized carbons (Fsp3) is 0.545. The van der Waals surface area contributed by atoms with Crippen LogP contribution in [0.5, 0.6) is 0 Å². The van der Waals surface area contributed by atoms with Gasteiger partial charge in [-0.3, -0.25) is 0 Å². The van der Waals surface area contributed by atoms with Crippen molar-refractivity contribution in [2.75, 3.05) is 0 Å². The van der Waals surface area contributed by atoms with Crippen LogP contribution in [0.15, 0.2) is 22.3 Å². The zero-order chi connectivity index (χ0) is 13.1. The molecule has 0 spiro atoms. The summed E-state index contributed by atoms with van der Waals surface area (Å²) in [6, 6.07) is 0. The van der Waals surface area contributed by atoms with Crippen molar-refractivity contribution >= 4 is 38.1 Å². The van der Waals surface area contributed by atoms with Gasteiger partial charge in [-0.15, -0.1) is 0 Å². The molecular weight excluding hydrogens is 460 g/mol. The van der Waals surface area contributed by atoms with E-state index in [4.69, 9.17) is 38.1 Å². The second-order valence-corrected chi connectivity index (χ2v) is 27.2. The van der Waals surface area contributed by atoms with Gasteiger partial charge in [0.1, 0.15) is 0 Å². The van der Waals surface area contributed by atoms with Crippen LogP contribution in [0.4, 0.5) is 0 Å². The van der Waals surface area contributed by atoms with Crippen molar-refractivity contribution in [1.82, 2.24) is 0 Å². The first-order chi connectivity index (χ1) is 7.09. The van der Waals surface area contributed by atoms with Crippen molar-refractivity contribution in [3.63, 3.8) is 0 Å². The van der Waals surface area contributed by atoms with Crippen molar-refractivity contribution < 1.29 is 11.5 Å². The van der Waals surface area contributed by atoms with Crippen LogP contribution in [0.2, 0.25) is 0 Å². The Kier molecular flexibility index (Phi) is 7.60. The second-order valence-electron chi connectivity index (χ2n) is 3.66. The molecule has 0 aromatic carbocycles. The van der Waals surface area contributed by atoms with Crippen LogP contribution in [0.1, 0.15) is 41.0 Å². The summed E-state index contributed by atoms with van der Waals surface area (Å²) >= 11 is -3.22. The Balaban J connectivity index is 0.000000385. The Morgan fingerprint density at radius 2 is 1.19 bits per heavy atom. The van der Waals surface area contributed by atoms with Gasteiger partial charge in [0.25, 0.3) is 0 Å². The van der Waals surface area contributed by atoms with Crippen LogP contribution in [-0.2, 0) is 11.5 Å². The Labute approximate surface area is 118 Å². The number of hydrogen-bond acceptors (Lipinski definition) is 0. The van der Waals surface area contributed by atoms with Gasteiger partial charge in [-0.05, 0) is 38.3 Å². The maximum absolute atomic E-state index is 5.03. The van der Waals surface area contributed by atoms with E-state index in [9.17, 15) is 0 Å². The molecule has 0 aliphatic heterocycles. The number of halogens is 4. The maximum atomic E-state index is 5.03. The van der Waals surface area contributed by atoms with E-state index in [2.05, 4.69) is 34.6 Å². The third-order valence-electron chi connectivity index (χ3n) is 2.95. The third-order valence-corrected chi connectivity index (χ3v) is 2.95. The van der Waals surface area contributed by atoms with Gasteiger partial charge in [0.2, 0.25) is 0 Å². The molecule has 0 atom stereocenters. The Bertz CT molecular complexity index is 306. The fourth-order valence-corrected chi connectivity index (χ4v) is 1.83. The van der Waals surface area contributed by atoms with Crippen LogP contribution in [0.3, 0.4) is 0 Å². The van der Waals surface area contributed by atoms with Crippen LogP contribution >= 0.6 is 38.1 Å². The Morgan fingerprint density at radius 3 is 1.31 bits per heavy atom. The minimum absolute atomic E-state index is 1.17. The van der Waals surface area contributed by atoms with Crippen molar-refractivity contribution in [2.24, 2.45) is 0 Å². The molecule has 0 fully saturated rings. The molecular formula is C11H17Cl4Re. The molecule has 1 rings (SSSR count). The molecule has 0 unspecified atom stereocenters. The van der Waals surface area contributed by atoms with Gasteiger partial charge in [-0.2, -0.15) is 0 Å². The van der Waals surface area contributed by atoms with E-state index in [1.165, 1.54) is 29.1 Å². The Hall–Kier alpha value is 1.30. The van der Waals surface area contributed by atoms with Crippen LogP contribution in [0.25, 0.3) is 0 Å². The standard InChI is InChI=1S/C11H17.4ClH.Re/c1-6-11-9(4)7(2)8(3)10(11)5;;;;;/h6H2,1-5H3;4*1H;/q;;;;;+4/p-4. The molecule has 0 N–H and O–H groups in total. The zero-order valence-corrected chi connectivity index (χ0v) is 15.8. The van der Waals surface area contributed by atoms with Gasteiger partial charge in [0.15, 0.2) is 0 Å². The second kappa shape index (κ2) is 7.03. The summed E-state index contributed by atoms with van der Waals surface area (Å²) in [6.07, 6.45) is 1.17. The molecule has 1 aliphatic carbocycles. The molecule has 0 aromatic rings. The third kappa shape index (κ3) is 5.76. The van der Waals surface area contributed by atoms with Crippen molar-refractivity contribution in [1.29, 1.82) is 0 Å². The SMILES string of the molecule is CCC1=C(C)C(C)=C(C)[C]1C.[Cl][Re]([Cl])([Cl])[Cl]. The summed E-state index contributed by atoms with van der Waals surface area (Å²) in [4.78, 5) is 0. The van der Waals surface area contributed by atoms with Gasteiger partial charge in [-0.1, -0.05) is 25.0 Å². The molecule has 96 valence electrons. The number of hydrogen-bond donors (Lipinski definition) is 0. The van der Waals surface area contributed by atoms with E-state index >= 15 is 0 Å². The molecule has 0 nitrogen and oxygen atoms in total. The van der Waals surface area contributed by atoms with Crippen molar-refractivity contribution in [2.45, 2.75) is 41.0 Å². The quantitative estimate of drug-likeness (QED) is 0.410. The van der Waals surface area contributed by atoms with E-state index < -0.39 is 11.5 Å². The van der Waals surface area contributed by atoms with Crippen molar-refractivity contribution in [3.05, 3.63) is 28.2 Å². The molecule has 1 aliphatic rings. The predicted octanol–water partition coefficient (Wildman–Crippen LogP) is 6.41. The summed E-state index contributed by atoms with van der Waals surface area (Å²) in [5.74, 6) is 1.50. The van der Waals surface area contributed by atoms with Gasteiger partial charge in [0, 0.05) is 5.92 Å². The average Bonchev–Trinajstić information content (AvgIpc) is 2.29. The van der Waals surface area contributed by atoms with Crippen LogP contribution in [0, 0.1) is 5.92 Å². The van der Waals surface area contributed by atoms with E-state index in [0.29, 0.717) is 0 Å². The first kappa shape index (κ1) is 17.3. The van der Waals surface area contributed by atoms with E-state index in [-0.39, 0.29) is 0 Å². The molecule has 5 heteroatoms. The summed E-state index contributed by atoms with van der Waals surface area (Å²) < 4.78 is 0. The molecule has 1 radical (unpaired) electrons. The minimum atomic E-state index is -3.22. The summed E-state index contributed by atoms with van der Waals surface area (Å²) in [5.41, 5.74) is 6.03.